The molecule has 1 amide bonds. The number of carbonyl (C=O) groups excluding carboxylic acids is 1. The van der Waals surface area contributed by atoms with Crippen LogP contribution in [0.25, 0.3) is 11.3 Å². The minimum Gasteiger partial charge on any atom is -0.338 e. The van der Waals surface area contributed by atoms with Gasteiger partial charge in [-0.2, -0.15) is 0 Å². The summed E-state index contributed by atoms with van der Waals surface area (Å²) in [5.41, 5.74) is 1.62. The van der Waals surface area contributed by atoms with E-state index in [4.69, 9.17) is 0 Å². The lowest BCUT2D eigenvalue weighted by atomic mass is 9.99. The molecule has 0 N–H and O–H groups in total. The smallest absolute Gasteiger partial charge is 0.267 e. The van der Waals surface area contributed by atoms with Gasteiger partial charge in [-0.1, -0.05) is 39.5 Å². The second-order valence-electron chi connectivity index (χ2n) is 5.43. The van der Waals surface area contributed by atoms with E-state index >= 15 is 0 Å². The molecule has 0 aliphatic carbocycles. The number of likely N-dealkylation sites (tertiary alicyclic amines) is 1. The van der Waals surface area contributed by atoms with E-state index in [0.29, 0.717) is 16.5 Å². The number of hydrogen-bond donors (Lipinski definition) is 0. The summed E-state index contributed by atoms with van der Waals surface area (Å²) in [5.74, 6) is 0.773. The van der Waals surface area contributed by atoms with Crippen LogP contribution in [0.1, 0.15) is 29.4 Å². The fourth-order valence-electron chi connectivity index (χ4n) is 2.48. The summed E-state index contributed by atoms with van der Waals surface area (Å²) >= 11 is 4.60. The zero-order chi connectivity index (χ0) is 14.8. The van der Waals surface area contributed by atoms with Gasteiger partial charge in [0, 0.05) is 23.1 Å². The van der Waals surface area contributed by atoms with Crippen molar-refractivity contribution in [2.24, 2.45) is 5.92 Å². The Kier molecular flexibility index (Phi) is 4.35. The van der Waals surface area contributed by atoms with Gasteiger partial charge in [0.1, 0.15) is 10.6 Å². The highest BCUT2D eigenvalue weighted by molar-refractivity contribution is 9.10. The molecule has 6 heteroatoms. The average molecular weight is 366 g/mol. The highest BCUT2D eigenvalue weighted by atomic mass is 79.9. The number of carbonyl (C=O) groups is 1. The number of amides is 1. The molecule has 2 aromatic rings. The Balaban J connectivity index is 1.85. The predicted molar refractivity (Wildman–Crippen MR) is 87.3 cm³/mol. The van der Waals surface area contributed by atoms with Crippen molar-refractivity contribution in [3.63, 3.8) is 0 Å². The summed E-state index contributed by atoms with van der Waals surface area (Å²) in [4.78, 5) is 15.2. The van der Waals surface area contributed by atoms with E-state index in [1.165, 1.54) is 11.5 Å². The second kappa shape index (κ2) is 6.23. The third kappa shape index (κ3) is 3.16. The molecule has 0 bridgehead atoms. The molecule has 0 saturated carbocycles. The molecular weight excluding hydrogens is 350 g/mol. The highest BCUT2D eigenvalue weighted by Crippen LogP contribution is 2.28. The number of nitrogens with zero attached hydrogens (tertiary/aromatic N) is 3. The molecule has 0 spiro atoms. The van der Waals surface area contributed by atoms with Gasteiger partial charge in [-0.3, -0.25) is 4.79 Å². The molecule has 110 valence electrons. The summed E-state index contributed by atoms with van der Waals surface area (Å²) in [5, 5.41) is 4.15. The first kappa shape index (κ1) is 14.7. The van der Waals surface area contributed by atoms with Crippen molar-refractivity contribution in [1.82, 2.24) is 14.5 Å². The molecule has 1 aromatic heterocycles. The van der Waals surface area contributed by atoms with Crippen LogP contribution in [0.3, 0.4) is 0 Å². The van der Waals surface area contributed by atoms with E-state index in [1.54, 1.807) is 0 Å². The van der Waals surface area contributed by atoms with Crippen LogP contribution >= 0.6 is 27.5 Å². The molecule has 2 heterocycles. The van der Waals surface area contributed by atoms with Crippen LogP contribution in [0, 0.1) is 5.92 Å². The molecule has 1 aliphatic heterocycles. The predicted octanol–water partition coefficient (Wildman–Crippen LogP) is 3.84. The van der Waals surface area contributed by atoms with Crippen molar-refractivity contribution in [3.05, 3.63) is 33.6 Å². The minimum absolute atomic E-state index is 0.0646. The maximum atomic E-state index is 12.7. The monoisotopic (exact) mass is 365 g/mol. The van der Waals surface area contributed by atoms with E-state index in [0.717, 1.165) is 36.0 Å². The molecule has 1 aliphatic rings. The molecule has 0 atom stereocenters. The highest BCUT2D eigenvalue weighted by Gasteiger charge is 2.26. The molecule has 1 fully saturated rings. The largest absolute Gasteiger partial charge is 0.338 e. The SMILES string of the molecule is CC1CCN(C(=O)c2snnc2-c2ccc(Br)cc2)CC1. The van der Waals surface area contributed by atoms with E-state index in [-0.39, 0.29) is 5.91 Å². The topological polar surface area (TPSA) is 46.1 Å². The zero-order valence-electron chi connectivity index (χ0n) is 11.8. The maximum Gasteiger partial charge on any atom is 0.267 e. The van der Waals surface area contributed by atoms with Gasteiger partial charge in [-0.05, 0) is 42.4 Å². The number of hydrogen-bond acceptors (Lipinski definition) is 4. The van der Waals surface area contributed by atoms with E-state index in [2.05, 4.69) is 32.4 Å². The van der Waals surface area contributed by atoms with Crippen LogP contribution < -0.4 is 0 Å². The fraction of sp³-hybridized carbons (Fsp3) is 0.400. The standard InChI is InChI=1S/C15H16BrN3OS/c1-10-6-8-19(9-7-10)15(20)14-13(17-18-21-14)11-2-4-12(16)5-3-11/h2-5,10H,6-9H2,1H3. The summed E-state index contributed by atoms with van der Waals surface area (Å²) < 4.78 is 4.99. The van der Waals surface area contributed by atoms with Gasteiger partial charge in [0.25, 0.3) is 5.91 Å². The van der Waals surface area contributed by atoms with Gasteiger partial charge in [0.05, 0.1) is 0 Å². The van der Waals surface area contributed by atoms with Crippen LogP contribution in [0.4, 0.5) is 0 Å². The van der Waals surface area contributed by atoms with Crippen molar-refractivity contribution >= 4 is 33.4 Å². The van der Waals surface area contributed by atoms with Crippen LogP contribution in [-0.2, 0) is 0 Å². The zero-order valence-corrected chi connectivity index (χ0v) is 14.2. The average Bonchev–Trinajstić information content (AvgIpc) is 2.97. The number of halogens is 1. The Morgan fingerprint density at radius 3 is 2.62 bits per heavy atom. The third-order valence-electron chi connectivity index (χ3n) is 3.87. The van der Waals surface area contributed by atoms with Crippen molar-refractivity contribution in [2.45, 2.75) is 19.8 Å². The van der Waals surface area contributed by atoms with Gasteiger partial charge >= 0.3 is 0 Å². The first-order chi connectivity index (χ1) is 10.1. The van der Waals surface area contributed by atoms with E-state index < -0.39 is 0 Å². The lowest BCUT2D eigenvalue weighted by Gasteiger charge is -2.29. The van der Waals surface area contributed by atoms with Gasteiger partial charge in [0.2, 0.25) is 0 Å². The van der Waals surface area contributed by atoms with Crippen LogP contribution in [0.5, 0.6) is 0 Å². The summed E-state index contributed by atoms with van der Waals surface area (Å²) in [7, 11) is 0. The van der Waals surface area contributed by atoms with Gasteiger partial charge in [-0.15, -0.1) is 5.10 Å². The summed E-state index contributed by atoms with van der Waals surface area (Å²) in [6.07, 6.45) is 2.15. The number of aromatic nitrogens is 2. The van der Waals surface area contributed by atoms with E-state index in [1.807, 2.05) is 29.2 Å². The Labute approximate surface area is 136 Å². The lowest BCUT2D eigenvalue weighted by molar-refractivity contribution is 0.0702. The van der Waals surface area contributed by atoms with Crippen LogP contribution in [0.2, 0.25) is 0 Å². The summed E-state index contributed by atoms with van der Waals surface area (Å²) in [6, 6.07) is 7.81. The van der Waals surface area contributed by atoms with Crippen molar-refractivity contribution in [2.75, 3.05) is 13.1 Å². The lowest BCUT2D eigenvalue weighted by Crippen LogP contribution is -2.37. The summed E-state index contributed by atoms with van der Waals surface area (Å²) in [6.45, 7) is 3.90. The quantitative estimate of drug-likeness (QED) is 0.811. The van der Waals surface area contributed by atoms with Crippen molar-refractivity contribution in [3.8, 4) is 11.3 Å². The Hall–Kier alpha value is -1.27. The Morgan fingerprint density at radius 1 is 1.29 bits per heavy atom. The molecule has 0 unspecified atom stereocenters. The normalized spacial score (nSPS) is 16.2. The fourth-order valence-corrected chi connectivity index (χ4v) is 3.40. The Bertz CT molecular complexity index is 633. The molecule has 1 aromatic carbocycles. The third-order valence-corrected chi connectivity index (χ3v) is 5.11. The molecule has 4 nitrogen and oxygen atoms in total. The van der Waals surface area contributed by atoms with Crippen molar-refractivity contribution < 1.29 is 4.79 Å². The van der Waals surface area contributed by atoms with Crippen molar-refractivity contribution in [1.29, 1.82) is 0 Å². The van der Waals surface area contributed by atoms with E-state index in [9.17, 15) is 4.79 Å². The van der Waals surface area contributed by atoms with Gasteiger partial charge < -0.3 is 4.90 Å². The minimum atomic E-state index is 0.0646. The molecule has 3 rings (SSSR count). The first-order valence-electron chi connectivity index (χ1n) is 7.02. The van der Waals surface area contributed by atoms with Gasteiger partial charge in [-0.25, -0.2) is 0 Å². The number of benzene rings is 1. The van der Waals surface area contributed by atoms with Gasteiger partial charge in [0.15, 0.2) is 0 Å². The number of rotatable bonds is 2. The molecule has 1 saturated heterocycles. The molecule has 0 radical (unpaired) electrons. The second-order valence-corrected chi connectivity index (χ2v) is 7.10. The molecule has 21 heavy (non-hydrogen) atoms. The Morgan fingerprint density at radius 2 is 1.95 bits per heavy atom. The molecular formula is C15H16BrN3OS. The maximum absolute atomic E-state index is 12.7. The first-order valence-corrected chi connectivity index (χ1v) is 8.59. The van der Waals surface area contributed by atoms with Crippen LogP contribution in [0.15, 0.2) is 28.7 Å². The van der Waals surface area contributed by atoms with Crippen LogP contribution in [-0.4, -0.2) is 33.5 Å². The number of piperidine rings is 1.